The Morgan fingerprint density at radius 1 is 1.13 bits per heavy atom. The first-order chi connectivity index (χ1) is 11.0. The zero-order valence-corrected chi connectivity index (χ0v) is 14.3. The lowest BCUT2D eigenvalue weighted by Crippen LogP contribution is -2.34. The van der Waals surface area contributed by atoms with Gasteiger partial charge in [-0.2, -0.15) is 0 Å². The molecule has 2 aromatic carbocycles. The molecule has 0 saturated heterocycles. The van der Waals surface area contributed by atoms with Crippen LogP contribution in [0.5, 0.6) is 5.75 Å². The molecular formula is C18H20N2O2S. The van der Waals surface area contributed by atoms with Crippen LogP contribution in [0.2, 0.25) is 0 Å². The molecule has 0 radical (unpaired) electrons. The van der Waals surface area contributed by atoms with E-state index in [0.717, 1.165) is 22.6 Å². The molecule has 5 heteroatoms. The number of ether oxygens (including phenoxy) is 1. The number of carbonyl (C=O) groups excluding carboxylic acids is 1. The molecule has 0 spiro atoms. The van der Waals surface area contributed by atoms with Crippen LogP contribution < -0.4 is 15.4 Å². The molecule has 2 rings (SSSR count). The van der Waals surface area contributed by atoms with Crippen molar-refractivity contribution in [2.75, 3.05) is 11.9 Å². The van der Waals surface area contributed by atoms with Gasteiger partial charge in [-0.1, -0.05) is 18.2 Å². The Balaban J connectivity index is 2.06. The Morgan fingerprint density at radius 3 is 2.48 bits per heavy atom. The van der Waals surface area contributed by atoms with Crippen LogP contribution in [0.1, 0.15) is 28.4 Å². The first-order valence-corrected chi connectivity index (χ1v) is 7.83. The highest BCUT2D eigenvalue weighted by Crippen LogP contribution is 2.26. The standard InChI is InChI=1S/C18H20N2O2S/c1-4-22-16-11-12(2)15(10-13(16)3)19-18(23)20-17(21)14-8-6-5-7-9-14/h5-11H,4H2,1-3H3,(H2,19,20,21,23). The van der Waals surface area contributed by atoms with E-state index in [-0.39, 0.29) is 11.0 Å². The van der Waals surface area contributed by atoms with Gasteiger partial charge in [-0.25, -0.2) is 0 Å². The van der Waals surface area contributed by atoms with Gasteiger partial charge < -0.3 is 10.1 Å². The van der Waals surface area contributed by atoms with Gasteiger partial charge in [0.2, 0.25) is 0 Å². The topological polar surface area (TPSA) is 50.4 Å². The number of benzene rings is 2. The normalized spacial score (nSPS) is 10.0. The zero-order chi connectivity index (χ0) is 16.8. The maximum absolute atomic E-state index is 12.1. The minimum absolute atomic E-state index is 0.233. The van der Waals surface area contributed by atoms with Gasteiger partial charge in [0.1, 0.15) is 5.75 Å². The minimum atomic E-state index is -0.233. The van der Waals surface area contributed by atoms with Crippen molar-refractivity contribution < 1.29 is 9.53 Å². The van der Waals surface area contributed by atoms with Gasteiger partial charge in [-0.3, -0.25) is 10.1 Å². The van der Waals surface area contributed by atoms with E-state index in [4.69, 9.17) is 17.0 Å². The van der Waals surface area contributed by atoms with Gasteiger partial charge in [0.05, 0.1) is 6.61 Å². The molecule has 0 saturated carbocycles. The molecule has 0 fully saturated rings. The highest BCUT2D eigenvalue weighted by molar-refractivity contribution is 7.80. The third-order valence-electron chi connectivity index (χ3n) is 3.33. The smallest absolute Gasteiger partial charge is 0.257 e. The van der Waals surface area contributed by atoms with Crippen molar-refractivity contribution in [1.82, 2.24) is 5.32 Å². The van der Waals surface area contributed by atoms with Crippen molar-refractivity contribution in [1.29, 1.82) is 0 Å². The second-order valence-electron chi connectivity index (χ2n) is 5.14. The number of amides is 1. The average Bonchev–Trinajstić information content (AvgIpc) is 2.53. The molecule has 120 valence electrons. The lowest BCUT2D eigenvalue weighted by atomic mass is 10.1. The number of nitrogens with one attached hydrogen (secondary N) is 2. The van der Waals surface area contributed by atoms with Gasteiger partial charge in [-0.15, -0.1) is 0 Å². The molecule has 1 amide bonds. The summed E-state index contributed by atoms with van der Waals surface area (Å²) in [5.74, 6) is 0.623. The predicted molar refractivity (Wildman–Crippen MR) is 97.2 cm³/mol. The molecule has 2 N–H and O–H groups in total. The largest absolute Gasteiger partial charge is 0.494 e. The van der Waals surface area contributed by atoms with E-state index in [0.29, 0.717) is 12.2 Å². The summed E-state index contributed by atoms with van der Waals surface area (Å²) in [5.41, 5.74) is 3.42. The summed E-state index contributed by atoms with van der Waals surface area (Å²) in [5, 5.41) is 6.02. The van der Waals surface area contributed by atoms with Crippen molar-refractivity contribution in [2.24, 2.45) is 0 Å². The fourth-order valence-electron chi connectivity index (χ4n) is 2.15. The predicted octanol–water partition coefficient (Wildman–Crippen LogP) is 3.83. The van der Waals surface area contributed by atoms with Gasteiger partial charge in [-0.05, 0) is 68.4 Å². The second kappa shape index (κ2) is 7.74. The number of hydrogen-bond acceptors (Lipinski definition) is 3. The Bertz CT molecular complexity index is 714. The summed E-state index contributed by atoms with van der Waals surface area (Å²) >= 11 is 5.22. The quantitative estimate of drug-likeness (QED) is 0.838. The van der Waals surface area contributed by atoms with Crippen molar-refractivity contribution in [3.05, 3.63) is 59.2 Å². The molecule has 0 aromatic heterocycles. The summed E-state index contributed by atoms with van der Waals surface area (Å²) in [6, 6.07) is 12.9. The average molecular weight is 328 g/mol. The van der Waals surface area contributed by atoms with Crippen molar-refractivity contribution in [3.8, 4) is 5.75 Å². The van der Waals surface area contributed by atoms with Gasteiger partial charge in [0.15, 0.2) is 5.11 Å². The van der Waals surface area contributed by atoms with Crippen molar-refractivity contribution in [2.45, 2.75) is 20.8 Å². The number of aryl methyl sites for hydroxylation is 2. The highest BCUT2D eigenvalue weighted by atomic mass is 32.1. The lowest BCUT2D eigenvalue weighted by molar-refractivity contribution is 0.0977. The lowest BCUT2D eigenvalue weighted by Gasteiger charge is -2.15. The molecular weight excluding hydrogens is 308 g/mol. The molecule has 0 aliphatic rings. The van der Waals surface area contributed by atoms with Crippen LogP contribution in [-0.2, 0) is 0 Å². The molecule has 0 heterocycles. The molecule has 0 atom stereocenters. The third kappa shape index (κ3) is 4.53. The molecule has 0 aliphatic heterocycles. The summed E-state index contributed by atoms with van der Waals surface area (Å²) in [7, 11) is 0. The number of anilines is 1. The summed E-state index contributed by atoms with van der Waals surface area (Å²) in [4.78, 5) is 12.1. The van der Waals surface area contributed by atoms with Crippen LogP contribution in [0, 0.1) is 13.8 Å². The number of thiocarbonyl (C=S) groups is 1. The molecule has 23 heavy (non-hydrogen) atoms. The molecule has 4 nitrogen and oxygen atoms in total. The van der Waals surface area contributed by atoms with Crippen LogP contribution in [0.15, 0.2) is 42.5 Å². The third-order valence-corrected chi connectivity index (χ3v) is 3.54. The maximum Gasteiger partial charge on any atom is 0.257 e. The molecule has 0 aliphatic carbocycles. The second-order valence-corrected chi connectivity index (χ2v) is 5.55. The fourth-order valence-corrected chi connectivity index (χ4v) is 2.36. The summed E-state index contributed by atoms with van der Waals surface area (Å²) in [6.07, 6.45) is 0. The Labute approximate surface area is 141 Å². The SMILES string of the molecule is CCOc1cc(C)c(NC(=S)NC(=O)c2ccccc2)cc1C. The first-order valence-electron chi connectivity index (χ1n) is 7.42. The van der Waals surface area contributed by atoms with Crippen LogP contribution in [0.4, 0.5) is 5.69 Å². The Morgan fingerprint density at radius 2 is 1.83 bits per heavy atom. The zero-order valence-electron chi connectivity index (χ0n) is 13.5. The Hall–Kier alpha value is -2.40. The van der Waals surface area contributed by atoms with Crippen molar-refractivity contribution >= 4 is 28.9 Å². The summed E-state index contributed by atoms with van der Waals surface area (Å²) in [6.45, 7) is 6.51. The van der Waals surface area contributed by atoms with Crippen LogP contribution in [0.3, 0.4) is 0 Å². The van der Waals surface area contributed by atoms with Crippen LogP contribution in [0.25, 0.3) is 0 Å². The van der Waals surface area contributed by atoms with Gasteiger partial charge >= 0.3 is 0 Å². The number of carbonyl (C=O) groups is 1. The number of hydrogen-bond donors (Lipinski definition) is 2. The van der Waals surface area contributed by atoms with Crippen molar-refractivity contribution in [3.63, 3.8) is 0 Å². The maximum atomic E-state index is 12.1. The van der Waals surface area contributed by atoms with E-state index in [2.05, 4.69) is 10.6 Å². The first kappa shape index (κ1) is 17.0. The molecule has 2 aromatic rings. The van der Waals surface area contributed by atoms with E-state index in [9.17, 15) is 4.79 Å². The van der Waals surface area contributed by atoms with E-state index < -0.39 is 0 Å². The molecule has 0 unspecified atom stereocenters. The molecule has 0 bridgehead atoms. The van der Waals surface area contributed by atoms with Crippen LogP contribution in [-0.4, -0.2) is 17.6 Å². The van der Waals surface area contributed by atoms with Gasteiger partial charge in [0, 0.05) is 11.3 Å². The van der Waals surface area contributed by atoms with Crippen LogP contribution >= 0.6 is 12.2 Å². The minimum Gasteiger partial charge on any atom is -0.494 e. The van der Waals surface area contributed by atoms with E-state index in [1.54, 1.807) is 12.1 Å². The van der Waals surface area contributed by atoms with E-state index in [1.165, 1.54) is 0 Å². The van der Waals surface area contributed by atoms with Gasteiger partial charge in [0.25, 0.3) is 5.91 Å². The van der Waals surface area contributed by atoms with E-state index >= 15 is 0 Å². The Kier molecular flexibility index (Phi) is 5.71. The monoisotopic (exact) mass is 328 g/mol. The fraction of sp³-hybridized carbons (Fsp3) is 0.222. The summed E-state index contributed by atoms with van der Waals surface area (Å²) < 4.78 is 5.57. The highest BCUT2D eigenvalue weighted by Gasteiger charge is 2.10. The number of rotatable bonds is 4. The van der Waals surface area contributed by atoms with E-state index in [1.807, 2.05) is 51.1 Å².